The largest absolute Gasteiger partial charge is 0.496 e. The first-order valence-electron chi connectivity index (χ1n) is 13.6. The van der Waals surface area contributed by atoms with Crippen molar-refractivity contribution >= 4 is 22.4 Å². The Morgan fingerprint density at radius 3 is 2.51 bits per heavy atom. The Morgan fingerprint density at radius 1 is 1.10 bits per heavy atom. The van der Waals surface area contributed by atoms with E-state index < -0.39 is 10.1 Å². The van der Waals surface area contributed by atoms with Crippen LogP contribution in [-0.4, -0.2) is 62.4 Å². The zero-order chi connectivity index (χ0) is 29.7. The van der Waals surface area contributed by atoms with E-state index in [1.54, 1.807) is 46.1 Å². The van der Waals surface area contributed by atoms with E-state index in [0.717, 1.165) is 43.5 Å². The van der Waals surface area contributed by atoms with Gasteiger partial charge in [-0.15, -0.1) is 0 Å². The maximum Gasteiger partial charge on any atom is 0.341 e. The predicted octanol–water partition coefficient (Wildman–Crippen LogP) is 4.00. The number of nitrogens with two attached hydrogens (primary N) is 1. The van der Waals surface area contributed by atoms with Crippen molar-refractivity contribution in [2.24, 2.45) is 0 Å². The molecule has 2 N–H and O–H groups in total. The number of aryl methyl sites for hydroxylation is 4. The average molecular weight is 582 g/mol. The van der Waals surface area contributed by atoms with Gasteiger partial charge in [0.2, 0.25) is 18.1 Å². The zero-order valence-electron chi connectivity index (χ0n) is 24.2. The van der Waals surface area contributed by atoms with E-state index in [4.69, 9.17) is 19.4 Å². The summed E-state index contributed by atoms with van der Waals surface area (Å²) < 4.78 is 44.0. The van der Waals surface area contributed by atoms with E-state index >= 15 is 0 Å². The first-order valence-corrected chi connectivity index (χ1v) is 15.0. The number of anilines is 1. The molecule has 0 saturated carbocycles. The lowest BCUT2D eigenvalue weighted by molar-refractivity contribution is 0.245. The van der Waals surface area contributed by atoms with Gasteiger partial charge in [-0.05, 0) is 76.3 Å². The van der Waals surface area contributed by atoms with E-state index in [1.165, 1.54) is 0 Å². The number of ether oxygens (including phenoxy) is 2. The van der Waals surface area contributed by atoms with Crippen molar-refractivity contribution in [2.75, 3.05) is 32.5 Å². The van der Waals surface area contributed by atoms with Gasteiger partial charge in [0.1, 0.15) is 16.4 Å². The van der Waals surface area contributed by atoms with Crippen molar-refractivity contribution in [3.63, 3.8) is 0 Å². The number of nitrogen functional groups attached to an aromatic ring is 1. The second kappa shape index (κ2) is 12.9. The molecule has 2 heterocycles. The lowest BCUT2D eigenvalue weighted by Crippen LogP contribution is -2.32. The quantitative estimate of drug-likeness (QED) is 0.247. The molecule has 10 nitrogen and oxygen atoms in total. The van der Waals surface area contributed by atoms with E-state index in [0.29, 0.717) is 40.5 Å². The second-order valence-corrected chi connectivity index (χ2v) is 11.9. The Labute approximate surface area is 242 Å². The van der Waals surface area contributed by atoms with Crippen LogP contribution in [0, 0.1) is 27.7 Å². The molecule has 4 rings (SSSR count). The molecule has 1 radical (unpaired) electrons. The molecular weight excluding hydrogens is 544 g/mol. The zero-order valence-corrected chi connectivity index (χ0v) is 25.0. The molecule has 0 aliphatic carbocycles. The molecule has 1 aromatic heterocycles. The third kappa shape index (κ3) is 7.15. The van der Waals surface area contributed by atoms with Crippen LogP contribution in [-0.2, 0) is 21.3 Å². The molecule has 0 amide bonds. The van der Waals surface area contributed by atoms with E-state index in [9.17, 15) is 13.2 Å². The van der Waals surface area contributed by atoms with Gasteiger partial charge >= 0.3 is 10.1 Å². The summed E-state index contributed by atoms with van der Waals surface area (Å²) in [4.78, 5) is 21.7. The smallest absolute Gasteiger partial charge is 0.341 e. The summed E-state index contributed by atoms with van der Waals surface area (Å²) in [5.74, 6) is 0.994. The van der Waals surface area contributed by atoms with Crippen LogP contribution in [0.5, 0.6) is 17.4 Å². The van der Waals surface area contributed by atoms with Gasteiger partial charge < -0.3 is 19.4 Å². The standard InChI is InChI=1S/C30H37N4O6S/c1-19-14-20(2)28(21(3)15-19)41(36,37)40-29-26(22(4)32-30(31)33-29)16-23-9-10-25(17-27(23)38-5)39-13-7-12-34-11-6-8-24(34)18-35/h9-10,14-15,17,24H,6-8,11-13,16H2,1-5H3,(H2,31,32,33). The first kappa shape index (κ1) is 30.3. The lowest BCUT2D eigenvalue weighted by Gasteiger charge is -2.19. The van der Waals surface area contributed by atoms with Gasteiger partial charge in [-0.25, -0.2) is 4.98 Å². The maximum absolute atomic E-state index is 13.4. The number of aromatic nitrogens is 2. The van der Waals surface area contributed by atoms with Crippen LogP contribution in [0.2, 0.25) is 0 Å². The minimum absolute atomic E-state index is 0.0872. The first-order chi connectivity index (χ1) is 19.5. The molecule has 1 fully saturated rings. The highest BCUT2D eigenvalue weighted by molar-refractivity contribution is 7.87. The van der Waals surface area contributed by atoms with Crippen LogP contribution >= 0.6 is 0 Å². The van der Waals surface area contributed by atoms with Crippen LogP contribution < -0.4 is 19.4 Å². The summed E-state index contributed by atoms with van der Waals surface area (Å²) in [6.45, 7) is 9.28. The molecular formula is C30H37N4O6S. The van der Waals surface area contributed by atoms with Crippen molar-refractivity contribution in [3.05, 3.63) is 63.8 Å². The van der Waals surface area contributed by atoms with Gasteiger partial charge in [0.15, 0.2) is 0 Å². The predicted molar refractivity (Wildman–Crippen MR) is 156 cm³/mol. The Bertz CT molecular complexity index is 1500. The summed E-state index contributed by atoms with van der Waals surface area (Å²) in [5, 5.41) is 0. The number of rotatable bonds is 12. The highest BCUT2D eigenvalue weighted by atomic mass is 32.2. The maximum atomic E-state index is 13.4. The Kier molecular flexibility index (Phi) is 9.49. The molecule has 1 aliphatic rings. The van der Waals surface area contributed by atoms with Crippen molar-refractivity contribution < 1.29 is 26.9 Å². The number of carbonyl (C=O) groups excluding carboxylic acids is 1. The summed E-state index contributed by atoms with van der Waals surface area (Å²) >= 11 is 0. The molecule has 1 unspecified atom stereocenters. The summed E-state index contributed by atoms with van der Waals surface area (Å²) in [6.07, 6.45) is 5.01. The van der Waals surface area contributed by atoms with Gasteiger partial charge in [0.05, 0.1) is 25.5 Å². The Balaban J connectivity index is 1.52. The minimum atomic E-state index is -4.21. The minimum Gasteiger partial charge on any atom is -0.496 e. The molecule has 219 valence electrons. The number of nitrogens with zero attached hydrogens (tertiary/aromatic N) is 3. The van der Waals surface area contributed by atoms with Crippen molar-refractivity contribution in [1.82, 2.24) is 14.9 Å². The molecule has 1 aliphatic heterocycles. The molecule has 0 bridgehead atoms. The number of benzene rings is 2. The Morgan fingerprint density at radius 2 is 1.83 bits per heavy atom. The monoisotopic (exact) mass is 581 g/mol. The van der Waals surface area contributed by atoms with Gasteiger partial charge in [0.25, 0.3) is 0 Å². The average Bonchev–Trinajstić information content (AvgIpc) is 3.35. The number of likely N-dealkylation sites (tertiary alicyclic amines) is 1. The molecule has 3 aromatic rings. The van der Waals surface area contributed by atoms with Crippen molar-refractivity contribution in [2.45, 2.75) is 64.3 Å². The van der Waals surface area contributed by atoms with E-state index in [2.05, 4.69) is 21.2 Å². The fraction of sp³-hybridized carbons (Fsp3) is 0.433. The molecule has 1 atom stereocenters. The fourth-order valence-electron chi connectivity index (χ4n) is 5.41. The molecule has 0 spiro atoms. The fourth-order valence-corrected chi connectivity index (χ4v) is 6.74. The summed E-state index contributed by atoms with van der Waals surface area (Å²) in [7, 11) is -2.65. The normalized spacial score (nSPS) is 15.6. The van der Waals surface area contributed by atoms with Crippen molar-refractivity contribution in [3.8, 4) is 17.4 Å². The van der Waals surface area contributed by atoms with Gasteiger partial charge in [-0.3, -0.25) is 9.69 Å². The van der Waals surface area contributed by atoms with Gasteiger partial charge in [0, 0.05) is 24.6 Å². The molecule has 41 heavy (non-hydrogen) atoms. The SMILES string of the molecule is COc1cc(OCCCN2CCCC2[C]=O)ccc1Cc1c(C)nc(N)nc1OS(=O)(=O)c1c(C)cc(C)cc1C. The molecule has 2 aromatic carbocycles. The summed E-state index contributed by atoms with van der Waals surface area (Å²) in [6, 6.07) is 8.96. The van der Waals surface area contributed by atoms with Gasteiger partial charge in [-0.1, -0.05) is 23.8 Å². The third-order valence-electron chi connectivity index (χ3n) is 7.22. The van der Waals surface area contributed by atoms with Crippen LogP contribution in [0.3, 0.4) is 0 Å². The highest BCUT2D eigenvalue weighted by Crippen LogP contribution is 2.33. The Hall–Kier alpha value is -3.70. The topological polar surface area (TPSA) is 134 Å². The van der Waals surface area contributed by atoms with Crippen LogP contribution in [0.1, 0.15) is 52.8 Å². The van der Waals surface area contributed by atoms with Gasteiger partial charge in [-0.2, -0.15) is 13.4 Å². The summed E-state index contributed by atoms with van der Waals surface area (Å²) in [5.41, 5.74) is 9.75. The lowest BCUT2D eigenvalue weighted by atomic mass is 10.0. The number of methoxy groups -OCH3 is 1. The van der Waals surface area contributed by atoms with Crippen molar-refractivity contribution in [1.29, 1.82) is 0 Å². The second-order valence-electron chi connectivity index (χ2n) is 10.4. The third-order valence-corrected chi connectivity index (χ3v) is 8.74. The van der Waals surface area contributed by atoms with Crippen LogP contribution in [0.15, 0.2) is 35.2 Å². The number of hydrogen-bond acceptors (Lipinski definition) is 10. The van der Waals surface area contributed by atoms with Crippen LogP contribution in [0.4, 0.5) is 5.95 Å². The number of hydrogen-bond donors (Lipinski definition) is 1. The van der Waals surface area contributed by atoms with Crippen LogP contribution in [0.25, 0.3) is 0 Å². The molecule has 1 saturated heterocycles. The molecule has 11 heteroatoms. The van der Waals surface area contributed by atoms with E-state index in [1.807, 2.05) is 19.1 Å². The highest BCUT2D eigenvalue weighted by Gasteiger charge is 2.27. The van der Waals surface area contributed by atoms with E-state index in [-0.39, 0.29) is 29.2 Å².